The monoisotopic (exact) mass is 406 g/mol. The van der Waals surface area contributed by atoms with Crippen molar-refractivity contribution >= 4 is 0 Å². The lowest BCUT2D eigenvalue weighted by Gasteiger charge is -2.40. The van der Waals surface area contributed by atoms with E-state index in [-0.39, 0.29) is 23.2 Å². The molecule has 1 aliphatic heterocycles. The Morgan fingerprint density at radius 1 is 1.03 bits per heavy atom. The molecule has 1 saturated heterocycles. The highest BCUT2D eigenvalue weighted by atomic mass is 19.1. The standard InChI is InChI=1S/C24H27FN4O/c1-16-26-27-17(2)29(16)19-10-11-22(21(25)14-19)30-23-20-9-5-4-8-18(20)15-24(23,3)28-12-6-7-13-28/h4-5,8-11,14,23H,6-7,12-13,15H2,1-3H3/t23-,24-/m1/s1. The average molecular weight is 407 g/mol. The second-order valence-electron chi connectivity index (χ2n) is 8.67. The van der Waals surface area contributed by atoms with Crippen molar-refractivity contribution in [2.75, 3.05) is 13.1 Å². The molecule has 1 aliphatic carbocycles. The first-order valence-electron chi connectivity index (χ1n) is 10.7. The number of fused-ring (bicyclic) bond motifs is 1. The van der Waals surface area contributed by atoms with E-state index >= 15 is 4.39 Å². The van der Waals surface area contributed by atoms with Crippen LogP contribution in [0.2, 0.25) is 0 Å². The summed E-state index contributed by atoms with van der Waals surface area (Å²) < 4.78 is 23.4. The van der Waals surface area contributed by atoms with Gasteiger partial charge in [0.1, 0.15) is 17.8 Å². The summed E-state index contributed by atoms with van der Waals surface area (Å²) in [6.07, 6.45) is 3.14. The number of halogens is 1. The molecule has 0 saturated carbocycles. The first-order valence-corrected chi connectivity index (χ1v) is 10.7. The largest absolute Gasteiger partial charge is 0.481 e. The van der Waals surface area contributed by atoms with Crippen molar-refractivity contribution < 1.29 is 9.13 Å². The van der Waals surface area contributed by atoms with E-state index < -0.39 is 0 Å². The number of benzene rings is 2. The number of hydrogen-bond acceptors (Lipinski definition) is 4. The molecule has 3 aromatic rings. The zero-order valence-electron chi connectivity index (χ0n) is 17.7. The van der Waals surface area contributed by atoms with Gasteiger partial charge < -0.3 is 4.74 Å². The normalized spacial score (nSPS) is 23.7. The van der Waals surface area contributed by atoms with Gasteiger partial charge in [-0.2, -0.15) is 0 Å². The van der Waals surface area contributed by atoms with E-state index in [1.54, 1.807) is 6.07 Å². The van der Waals surface area contributed by atoms with E-state index in [2.05, 4.69) is 40.2 Å². The molecule has 0 amide bonds. The van der Waals surface area contributed by atoms with Crippen molar-refractivity contribution in [2.45, 2.75) is 51.7 Å². The predicted molar refractivity (Wildman–Crippen MR) is 114 cm³/mol. The van der Waals surface area contributed by atoms with Gasteiger partial charge in [0.25, 0.3) is 0 Å². The smallest absolute Gasteiger partial charge is 0.167 e. The maximum absolute atomic E-state index is 15.2. The molecule has 0 N–H and O–H groups in total. The highest BCUT2D eigenvalue weighted by Crippen LogP contribution is 2.46. The van der Waals surface area contributed by atoms with Gasteiger partial charge in [0.05, 0.1) is 11.2 Å². The van der Waals surface area contributed by atoms with Gasteiger partial charge in [-0.3, -0.25) is 9.47 Å². The number of aryl methyl sites for hydroxylation is 2. The minimum Gasteiger partial charge on any atom is -0.481 e. The van der Waals surface area contributed by atoms with Crippen molar-refractivity contribution in [3.05, 3.63) is 71.1 Å². The van der Waals surface area contributed by atoms with Crippen LogP contribution in [0.15, 0.2) is 42.5 Å². The Kier molecular flexibility index (Phi) is 4.62. The fourth-order valence-corrected chi connectivity index (χ4v) is 5.15. The maximum Gasteiger partial charge on any atom is 0.167 e. The summed E-state index contributed by atoms with van der Waals surface area (Å²) in [5.74, 6) is 1.38. The van der Waals surface area contributed by atoms with E-state index in [1.807, 2.05) is 30.5 Å². The Balaban J connectivity index is 1.50. The topological polar surface area (TPSA) is 43.2 Å². The summed E-state index contributed by atoms with van der Waals surface area (Å²) >= 11 is 0. The third-order valence-corrected chi connectivity index (χ3v) is 6.68. The molecule has 0 bridgehead atoms. The first kappa shape index (κ1) is 19.2. The van der Waals surface area contributed by atoms with E-state index in [9.17, 15) is 0 Å². The average Bonchev–Trinajstić information content (AvgIpc) is 3.44. The molecule has 30 heavy (non-hydrogen) atoms. The zero-order valence-corrected chi connectivity index (χ0v) is 17.7. The molecule has 2 aliphatic rings. The summed E-state index contributed by atoms with van der Waals surface area (Å²) in [7, 11) is 0. The van der Waals surface area contributed by atoms with Crippen LogP contribution in [0, 0.1) is 19.7 Å². The third-order valence-electron chi connectivity index (χ3n) is 6.68. The van der Waals surface area contributed by atoms with Crippen molar-refractivity contribution in [2.24, 2.45) is 0 Å². The molecule has 1 fully saturated rings. The van der Waals surface area contributed by atoms with Gasteiger partial charge >= 0.3 is 0 Å². The zero-order chi connectivity index (χ0) is 20.9. The fraction of sp³-hybridized carbons (Fsp3) is 0.417. The van der Waals surface area contributed by atoms with Gasteiger partial charge in [0, 0.05) is 6.07 Å². The number of hydrogen-bond donors (Lipinski definition) is 0. The molecule has 6 heteroatoms. The molecule has 1 aromatic heterocycles. The van der Waals surface area contributed by atoms with Crippen LogP contribution in [-0.2, 0) is 6.42 Å². The lowest BCUT2D eigenvalue weighted by molar-refractivity contribution is 0.0164. The number of ether oxygens (including phenoxy) is 1. The number of rotatable bonds is 4. The summed E-state index contributed by atoms with van der Waals surface area (Å²) in [5, 5.41) is 8.14. The lowest BCUT2D eigenvalue weighted by atomic mass is 9.93. The second kappa shape index (κ2) is 7.20. The van der Waals surface area contributed by atoms with Gasteiger partial charge in [0.15, 0.2) is 11.6 Å². The van der Waals surface area contributed by atoms with Gasteiger partial charge in [-0.25, -0.2) is 4.39 Å². The first-order chi connectivity index (χ1) is 14.5. The van der Waals surface area contributed by atoms with Crippen molar-refractivity contribution in [1.82, 2.24) is 19.7 Å². The van der Waals surface area contributed by atoms with Crippen LogP contribution in [-0.4, -0.2) is 38.3 Å². The van der Waals surface area contributed by atoms with Gasteiger partial charge in [0.2, 0.25) is 0 Å². The second-order valence-corrected chi connectivity index (χ2v) is 8.67. The number of aromatic nitrogens is 3. The molecule has 2 heterocycles. The molecule has 2 aromatic carbocycles. The fourth-order valence-electron chi connectivity index (χ4n) is 5.15. The SMILES string of the molecule is Cc1nnc(C)n1-c1ccc(O[C@@H]2c3ccccc3C[C@@]2(C)N2CCCC2)c(F)c1. The minimum atomic E-state index is -0.367. The Morgan fingerprint density at radius 2 is 1.73 bits per heavy atom. The Morgan fingerprint density at radius 3 is 2.43 bits per heavy atom. The highest BCUT2D eigenvalue weighted by Gasteiger charge is 2.49. The Labute approximate surface area is 176 Å². The summed E-state index contributed by atoms with van der Waals surface area (Å²) in [4.78, 5) is 2.52. The van der Waals surface area contributed by atoms with E-state index in [1.165, 1.54) is 30.0 Å². The molecule has 156 valence electrons. The molecular weight excluding hydrogens is 379 g/mol. The molecule has 0 radical (unpaired) electrons. The summed E-state index contributed by atoms with van der Waals surface area (Å²) in [6, 6.07) is 13.5. The molecule has 2 atom stereocenters. The predicted octanol–water partition coefficient (Wildman–Crippen LogP) is 4.55. The quantitative estimate of drug-likeness (QED) is 0.637. The van der Waals surface area contributed by atoms with Crippen LogP contribution in [0.4, 0.5) is 4.39 Å². The van der Waals surface area contributed by atoms with Crippen LogP contribution in [0.3, 0.4) is 0 Å². The summed E-state index contributed by atoms with van der Waals surface area (Å²) in [5.41, 5.74) is 2.99. The summed E-state index contributed by atoms with van der Waals surface area (Å²) in [6.45, 7) is 8.12. The Hall–Kier alpha value is -2.73. The number of likely N-dealkylation sites (tertiary alicyclic amines) is 1. The van der Waals surface area contributed by atoms with Crippen LogP contribution in [0.1, 0.15) is 48.6 Å². The molecular formula is C24H27FN4O. The molecule has 5 nitrogen and oxygen atoms in total. The van der Waals surface area contributed by atoms with Crippen LogP contribution < -0.4 is 4.74 Å². The van der Waals surface area contributed by atoms with E-state index in [4.69, 9.17) is 4.74 Å². The van der Waals surface area contributed by atoms with Crippen LogP contribution >= 0.6 is 0 Å². The molecule has 0 spiro atoms. The van der Waals surface area contributed by atoms with Gasteiger partial charge in [-0.15, -0.1) is 10.2 Å². The maximum atomic E-state index is 15.2. The third kappa shape index (κ3) is 3.01. The Bertz CT molecular complexity index is 1070. The van der Waals surface area contributed by atoms with Gasteiger partial charge in [-0.05, 0) is 76.4 Å². The number of nitrogens with zero attached hydrogens (tertiary/aromatic N) is 4. The van der Waals surface area contributed by atoms with Crippen molar-refractivity contribution in [3.8, 4) is 11.4 Å². The molecule has 5 rings (SSSR count). The van der Waals surface area contributed by atoms with E-state index in [0.717, 1.165) is 31.2 Å². The van der Waals surface area contributed by atoms with Gasteiger partial charge in [-0.1, -0.05) is 24.3 Å². The van der Waals surface area contributed by atoms with E-state index in [0.29, 0.717) is 5.69 Å². The minimum absolute atomic E-state index is 0.174. The highest BCUT2D eigenvalue weighted by molar-refractivity contribution is 5.43. The van der Waals surface area contributed by atoms with Crippen LogP contribution in [0.25, 0.3) is 5.69 Å². The van der Waals surface area contributed by atoms with Crippen molar-refractivity contribution in [3.63, 3.8) is 0 Å². The van der Waals surface area contributed by atoms with Crippen LogP contribution in [0.5, 0.6) is 5.75 Å². The van der Waals surface area contributed by atoms with Crippen molar-refractivity contribution in [1.29, 1.82) is 0 Å². The molecule has 0 unspecified atom stereocenters. The lowest BCUT2D eigenvalue weighted by Crippen LogP contribution is -2.49.